The fourth-order valence-electron chi connectivity index (χ4n) is 1.39. The number of aliphatic hydroxyl groups is 1. The Kier molecular flexibility index (Phi) is 5.68. The molecule has 20 heavy (non-hydrogen) atoms. The summed E-state index contributed by atoms with van der Waals surface area (Å²) in [6, 6.07) is 6.27. The molecule has 1 aromatic rings. The quantitative estimate of drug-likeness (QED) is 0.860. The maximum atomic E-state index is 11.8. The van der Waals surface area contributed by atoms with Crippen LogP contribution in [0.25, 0.3) is 0 Å². The fourth-order valence-corrected chi connectivity index (χ4v) is 1.52. The Balaban J connectivity index is 2.58. The van der Waals surface area contributed by atoms with Gasteiger partial charge in [-0.3, -0.25) is 19.8 Å². The van der Waals surface area contributed by atoms with Crippen molar-refractivity contribution < 1.29 is 14.7 Å². The van der Waals surface area contributed by atoms with Crippen molar-refractivity contribution in [2.24, 2.45) is 0 Å². The van der Waals surface area contributed by atoms with Crippen molar-refractivity contribution in [1.29, 1.82) is 0 Å². The first-order chi connectivity index (χ1) is 9.26. The minimum absolute atomic E-state index is 0.0207. The van der Waals surface area contributed by atoms with Gasteiger partial charge in [-0.2, -0.15) is 0 Å². The highest BCUT2D eigenvalue weighted by Gasteiger charge is 2.24. The molecule has 0 unspecified atom stereocenters. The molecule has 0 aliphatic heterocycles. The zero-order valence-electron chi connectivity index (χ0n) is 11.8. The van der Waals surface area contributed by atoms with Crippen molar-refractivity contribution in [3.8, 4) is 0 Å². The Labute approximate surface area is 123 Å². The van der Waals surface area contributed by atoms with E-state index >= 15 is 0 Å². The Morgan fingerprint density at radius 3 is 2.35 bits per heavy atom. The molecule has 0 aliphatic carbocycles. The van der Waals surface area contributed by atoms with Gasteiger partial charge in [0, 0.05) is 16.1 Å². The molecule has 1 aromatic carbocycles. The first-order valence-electron chi connectivity index (χ1n) is 6.18. The summed E-state index contributed by atoms with van der Waals surface area (Å²) in [5, 5.41) is 12.0. The molecule has 2 N–H and O–H groups in total. The van der Waals surface area contributed by atoms with E-state index < -0.39 is 17.4 Å². The second-order valence-electron chi connectivity index (χ2n) is 5.21. The van der Waals surface area contributed by atoms with Gasteiger partial charge in [0.1, 0.15) is 0 Å². The number of carbonyl (C=O) groups is 2. The second kappa shape index (κ2) is 6.83. The number of imide groups is 1. The van der Waals surface area contributed by atoms with E-state index in [1.165, 1.54) is 0 Å². The van der Waals surface area contributed by atoms with Crippen LogP contribution in [-0.4, -0.2) is 47.6 Å². The van der Waals surface area contributed by atoms with Crippen LogP contribution in [0, 0.1) is 0 Å². The molecular formula is C14H19ClN2O3. The number of rotatable bonds is 5. The Bertz CT molecular complexity index is 486. The highest BCUT2D eigenvalue weighted by Crippen LogP contribution is 2.11. The fraction of sp³-hybridized carbons (Fsp3) is 0.429. The molecule has 0 saturated carbocycles. The molecule has 0 aliphatic rings. The third-order valence-corrected chi connectivity index (χ3v) is 3.41. The monoisotopic (exact) mass is 298 g/mol. The topological polar surface area (TPSA) is 69.6 Å². The van der Waals surface area contributed by atoms with Crippen molar-refractivity contribution in [2.45, 2.75) is 19.4 Å². The van der Waals surface area contributed by atoms with Gasteiger partial charge in [-0.25, -0.2) is 0 Å². The van der Waals surface area contributed by atoms with Crippen LogP contribution in [-0.2, 0) is 4.79 Å². The molecule has 0 spiro atoms. The van der Waals surface area contributed by atoms with Crippen LogP contribution in [0.5, 0.6) is 0 Å². The summed E-state index contributed by atoms with van der Waals surface area (Å²) in [5.41, 5.74) is -0.160. The van der Waals surface area contributed by atoms with Crippen LogP contribution in [0.15, 0.2) is 24.3 Å². The SMILES string of the molecule is CN(CC(=O)NC(=O)c1ccc(Cl)cc1)C(C)(C)CO. The molecule has 110 valence electrons. The predicted molar refractivity (Wildman–Crippen MR) is 77.7 cm³/mol. The molecule has 2 amide bonds. The first-order valence-corrected chi connectivity index (χ1v) is 6.56. The molecule has 0 radical (unpaired) electrons. The van der Waals surface area contributed by atoms with Gasteiger partial charge in [0.15, 0.2) is 0 Å². The second-order valence-corrected chi connectivity index (χ2v) is 5.65. The average Bonchev–Trinajstić information content (AvgIpc) is 2.39. The lowest BCUT2D eigenvalue weighted by molar-refractivity contribution is -0.122. The molecule has 0 aromatic heterocycles. The van der Waals surface area contributed by atoms with Crippen LogP contribution in [0.3, 0.4) is 0 Å². The smallest absolute Gasteiger partial charge is 0.257 e. The number of halogens is 1. The minimum Gasteiger partial charge on any atom is -0.394 e. The van der Waals surface area contributed by atoms with E-state index in [1.54, 1.807) is 50.1 Å². The van der Waals surface area contributed by atoms with Crippen LogP contribution < -0.4 is 5.32 Å². The van der Waals surface area contributed by atoms with Gasteiger partial charge in [-0.05, 0) is 45.2 Å². The summed E-state index contributed by atoms with van der Waals surface area (Å²) in [4.78, 5) is 25.3. The van der Waals surface area contributed by atoms with E-state index in [0.717, 1.165) is 0 Å². The van der Waals surface area contributed by atoms with Crippen molar-refractivity contribution in [3.05, 3.63) is 34.9 Å². The third kappa shape index (κ3) is 4.59. The highest BCUT2D eigenvalue weighted by molar-refractivity contribution is 6.30. The number of carbonyl (C=O) groups excluding carboxylic acids is 2. The number of hydrogen-bond acceptors (Lipinski definition) is 4. The normalized spacial score (nSPS) is 11.5. The Morgan fingerprint density at radius 2 is 1.85 bits per heavy atom. The summed E-state index contributed by atoms with van der Waals surface area (Å²) >= 11 is 5.73. The predicted octanol–water partition coefficient (Wildman–Crippen LogP) is 1.30. The van der Waals surface area contributed by atoms with Crippen LogP contribution in [0.4, 0.5) is 0 Å². The van der Waals surface area contributed by atoms with E-state index in [2.05, 4.69) is 5.32 Å². The van der Waals surface area contributed by atoms with E-state index in [-0.39, 0.29) is 13.2 Å². The number of benzene rings is 1. The van der Waals surface area contributed by atoms with Gasteiger partial charge < -0.3 is 5.11 Å². The molecule has 5 nitrogen and oxygen atoms in total. The number of amides is 2. The molecule has 0 bridgehead atoms. The number of hydrogen-bond donors (Lipinski definition) is 2. The van der Waals surface area contributed by atoms with E-state index in [9.17, 15) is 14.7 Å². The number of nitrogens with zero attached hydrogens (tertiary/aromatic N) is 1. The average molecular weight is 299 g/mol. The lowest BCUT2D eigenvalue weighted by atomic mass is 10.1. The standard InChI is InChI=1S/C14H19ClN2O3/c1-14(2,9-18)17(3)8-12(19)16-13(20)10-4-6-11(15)7-5-10/h4-7,18H,8-9H2,1-3H3,(H,16,19,20). The van der Waals surface area contributed by atoms with Crippen LogP contribution in [0.1, 0.15) is 24.2 Å². The lowest BCUT2D eigenvalue weighted by Crippen LogP contribution is -2.49. The first kappa shape index (κ1) is 16.6. The van der Waals surface area contributed by atoms with E-state index in [0.29, 0.717) is 10.6 Å². The molecule has 0 fully saturated rings. The van der Waals surface area contributed by atoms with Crippen LogP contribution >= 0.6 is 11.6 Å². The highest BCUT2D eigenvalue weighted by atomic mass is 35.5. The van der Waals surface area contributed by atoms with Gasteiger partial charge >= 0.3 is 0 Å². The zero-order chi connectivity index (χ0) is 15.3. The van der Waals surface area contributed by atoms with Gasteiger partial charge in [-0.1, -0.05) is 11.6 Å². The summed E-state index contributed by atoms with van der Waals surface area (Å²) in [5.74, 6) is -0.893. The largest absolute Gasteiger partial charge is 0.394 e. The summed E-state index contributed by atoms with van der Waals surface area (Å²) < 4.78 is 0. The van der Waals surface area contributed by atoms with Crippen molar-refractivity contribution >= 4 is 23.4 Å². The lowest BCUT2D eigenvalue weighted by Gasteiger charge is -2.33. The molecular weight excluding hydrogens is 280 g/mol. The molecule has 1 rings (SSSR count). The van der Waals surface area contributed by atoms with Gasteiger partial charge in [-0.15, -0.1) is 0 Å². The van der Waals surface area contributed by atoms with Gasteiger partial charge in [0.25, 0.3) is 5.91 Å². The Morgan fingerprint density at radius 1 is 1.30 bits per heavy atom. The number of nitrogens with one attached hydrogen (secondary N) is 1. The molecule has 6 heteroatoms. The number of aliphatic hydroxyl groups excluding tert-OH is 1. The Hall–Kier alpha value is -1.43. The third-order valence-electron chi connectivity index (χ3n) is 3.16. The number of likely N-dealkylation sites (N-methyl/N-ethyl adjacent to an activating group) is 1. The maximum Gasteiger partial charge on any atom is 0.257 e. The minimum atomic E-state index is -0.527. The molecule has 0 heterocycles. The van der Waals surface area contributed by atoms with Crippen molar-refractivity contribution in [2.75, 3.05) is 20.2 Å². The molecule has 0 atom stereocenters. The summed E-state index contributed by atoms with van der Waals surface area (Å²) in [6.45, 7) is 3.55. The van der Waals surface area contributed by atoms with E-state index in [4.69, 9.17) is 11.6 Å². The van der Waals surface area contributed by atoms with Crippen molar-refractivity contribution in [1.82, 2.24) is 10.2 Å². The van der Waals surface area contributed by atoms with Crippen LogP contribution in [0.2, 0.25) is 5.02 Å². The van der Waals surface area contributed by atoms with E-state index in [1.807, 2.05) is 0 Å². The summed E-state index contributed by atoms with van der Waals surface area (Å²) in [7, 11) is 1.71. The van der Waals surface area contributed by atoms with Gasteiger partial charge in [0.05, 0.1) is 13.2 Å². The zero-order valence-corrected chi connectivity index (χ0v) is 12.6. The summed E-state index contributed by atoms with van der Waals surface area (Å²) in [6.07, 6.45) is 0. The molecule has 0 saturated heterocycles. The van der Waals surface area contributed by atoms with Gasteiger partial charge in [0.2, 0.25) is 5.91 Å². The maximum absolute atomic E-state index is 11.8. The van der Waals surface area contributed by atoms with Crippen molar-refractivity contribution in [3.63, 3.8) is 0 Å².